The van der Waals surface area contributed by atoms with Gasteiger partial charge in [-0.2, -0.15) is 0 Å². The van der Waals surface area contributed by atoms with Crippen molar-refractivity contribution in [2.45, 2.75) is 19.9 Å². The van der Waals surface area contributed by atoms with Crippen molar-refractivity contribution in [2.75, 3.05) is 5.06 Å². The van der Waals surface area contributed by atoms with Gasteiger partial charge in [0, 0.05) is 0 Å². The molecule has 0 heterocycles. The quantitative estimate of drug-likeness (QED) is 0.497. The summed E-state index contributed by atoms with van der Waals surface area (Å²) < 4.78 is 0. The predicted molar refractivity (Wildman–Crippen MR) is 99.6 cm³/mol. The molecule has 0 aliphatic rings. The molecule has 0 bridgehead atoms. The fourth-order valence-corrected chi connectivity index (χ4v) is 2.28. The average molecular weight is 321 g/mol. The van der Waals surface area contributed by atoms with Gasteiger partial charge in [0.15, 0.2) is 0 Å². The molecule has 3 heteroatoms. The zero-order chi connectivity index (χ0) is 17.2. The van der Waals surface area contributed by atoms with Crippen LogP contribution in [0.3, 0.4) is 0 Å². The summed E-state index contributed by atoms with van der Waals surface area (Å²) in [4.78, 5) is 4.23. The fourth-order valence-electron chi connectivity index (χ4n) is 2.28. The van der Waals surface area contributed by atoms with Crippen LogP contribution in [0.15, 0.2) is 91.0 Å². The molecule has 1 N–H and O–H groups in total. The van der Waals surface area contributed by atoms with Crippen LogP contribution in [-0.4, -0.2) is 11.3 Å². The first kappa shape index (κ1) is 17.7. The lowest BCUT2D eigenvalue weighted by molar-refractivity contribution is -0.258. The van der Waals surface area contributed by atoms with Crippen LogP contribution in [-0.2, 0) is 4.99 Å². The van der Waals surface area contributed by atoms with Gasteiger partial charge in [-0.1, -0.05) is 78.9 Å². The van der Waals surface area contributed by atoms with Gasteiger partial charge in [0.05, 0.1) is 11.7 Å². The summed E-state index contributed by atoms with van der Waals surface area (Å²) in [5.41, 5.74) is 3.39. The summed E-state index contributed by atoms with van der Waals surface area (Å²) >= 11 is 0. The second kappa shape index (κ2) is 9.50. The SMILES string of the molecule is CC(C)N(OO)c1ccccc1.c1ccc(-c2ccccc2)cc1. The lowest BCUT2D eigenvalue weighted by Gasteiger charge is -2.22. The Labute approximate surface area is 143 Å². The molecule has 0 unspecified atom stereocenters. The molecule has 0 saturated heterocycles. The van der Waals surface area contributed by atoms with Crippen molar-refractivity contribution in [3.63, 3.8) is 0 Å². The molecule has 124 valence electrons. The molecular weight excluding hydrogens is 298 g/mol. The third kappa shape index (κ3) is 5.23. The zero-order valence-corrected chi connectivity index (χ0v) is 14.0. The molecule has 3 rings (SSSR count). The number of hydrogen-bond acceptors (Lipinski definition) is 3. The van der Waals surface area contributed by atoms with Crippen LogP contribution >= 0.6 is 0 Å². The molecule has 3 aromatic rings. The molecular formula is C21H23NO2. The summed E-state index contributed by atoms with van der Waals surface area (Å²) in [6.07, 6.45) is 0. The molecule has 0 radical (unpaired) electrons. The third-order valence-electron chi connectivity index (χ3n) is 3.45. The van der Waals surface area contributed by atoms with Crippen LogP contribution < -0.4 is 5.06 Å². The van der Waals surface area contributed by atoms with Crippen molar-refractivity contribution < 1.29 is 10.2 Å². The van der Waals surface area contributed by atoms with E-state index in [-0.39, 0.29) is 6.04 Å². The van der Waals surface area contributed by atoms with Crippen LogP contribution in [0, 0.1) is 0 Å². The highest BCUT2D eigenvalue weighted by molar-refractivity contribution is 5.62. The van der Waals surface area contributed by atoms with Crippen LogP contribution in [0.1, 0.15) is 13.8 Å². The van der Waals surface area contributed by atoms with Gasteiger partial charge in [-0.15, -0.1) is 4.99 Å². The summed E-state index contributed by atoms with van der Waals surface area (Å²) in [6, 6.07) is 30.3. The lowest BCUT2D eigenvalue weighted by atomic mass is 10.1. The molecule has 0 spiro atoms. The van der Waals surface area contributed by atoms with Gasteiger partial charge >= 0.3 is 0 Å². The summed E-state index contributed by atoms with van der Waals surface area (Å²) in [6.45, 7) is 3.87. The van der Waals surface area contributed by atoms with E-state index >= 15 is 0 Å². The van der Waals surface area contributed by atoms with Crippen molar-refractivity contribution >= 4 is 5.69 Å². The maximum absolute atomic E-state index is 8.58. The Hall–Kier alpha value is -2.62. The molecule has 0 atom stereocenters. The Morgan fingerprint density at radius 1 is 0.667 bits per heavy atom. The second-order valence-electron chi connectivity index (χ2n) is 5.57. The molecule has 0 aliphatic heterocycles. The number of benzene rings is 3. The van der Waals surface area contributed by atoms with E-state index in [1.54, 1.807) is 0 Å². The highest BCUT2D eigenvalue weighted by Gasteiger charge is 2.09. The molecule has 0 amide bonds. The number of rotatable bonds is 4. The number of para-hydroxylation sites is 1. The van der Waals surface area contributed by atoms with E-state index < -0.39 is 0 Å². The number of anilines is 1. The van der Waals surface area contributed by atoms with E-state index in [2.05, 4.69) is 53.5 Å². The minimum atomic E-state index is 0.109. The van der Waals surface area contributed by atoms with Crippen LogP contribution in [0.2, 0.25) is 0 Å². The van der Waals surface area contributed by atoms with E-state index in [1.165, 1.54) is 16.2 Å². The highest BCUT2D eigenvalue weighted by atomic mass is 17.2. The van der Waals surface area contributed by atoms with Gasteiger partial charge in [-0.25, -0.2) is 10.3 Å². The summed E-state index contributed by atoms with van der Waals surface area (Å²) in [7, 11) is 0. The predicted octanol–water partition coefficient (Wildman–Crippen LogP) is 5.66. The van der Waals surface area contributed by atoms with E-state index in [0.717, 1.165) is 5.69 Å². The van der Waals surface area contributed by atoms with Gasteiger partial charge < -0.3 is 0 Å². The first-order valence-corrected chi connectivity index (χ1v) is 7.98. The van der Waals surface area contributed by atoms with Crippen molar-refractivity contribution in [2.24, 2.45) is 0 Å². The van der Waals surface area contributed by atoms with Gasteiger partial charge in [0.2, 0.25) is 0 Å². The van der Waals surface area contributed by atoms with Crippen molar-refractivity contribution in [3.8, 4) is 11.1 Å². The van der Waals surface area contributed by atoms with Crippen molar-refractivity contribution in [1.82, 2.24) is 0 Å². The maximum Gasteiger partial charge on any atom is 0.0669 e. The molecule has 0 fully saturated rings. The maximum atomic E-state index is 8.58. The summed E-state index contributed by atoms with van der Waals surface area (Å²) in [5.74, 6) is 0. The van der Waals surface area contributed by atoms with Gasteiger partial charge in [0.25, 0.3) is 0 Å². The second-order valence-corrected chi connectivity index (χ2v) is 5.57. The molecule has 3 aromatic carbocycles. The largest absolute Gasteiger partial charge is 0.227 e. The topological polar surface area (TPSA) is 32.7 Å². The Bertz CT molecular complexity index is 647. The van der Waals surface area contributed by atoms with Crippen molar-refractivity contribution in [1.29, 1.82) is 0 Å². The Kier molecular flexibility index (Phi) is 7.02. The normalized spacial score (nSPS) is 10.0. The standard InChI is InChI=1S/C12H10.C9H13NO2/c1-3-7-11(8-4-1)12-9-5-2-6-10-12;1-8(2)10(12-11)9-6-4-3-5-7-9/h1-10H;3-8,11H,1-2H3. The molecule has 0 aromatic heterocycles. The number of nitrogens with zero attached hydrogens (tertiary/aromatic N) is 1. The van der Waals surface area contributed by atoms with Gasteiger partial charge in [-0.3, -0.25) is 0 Å². The van der Waals surface area contributed by atoms with Crippen molar-refractivity contribution in [3.05, 3.63) is 91.0 Å². The van der Waals surface area contributed by atoms with E-state index in [9.17, 15) is 0 Å². The van der Waals surface area contributed by atoms with Crippen LogP contribution in [0.4, 0.5) is 5.69 Å². The molecule has 3 nitrogen and oxygen atoms in total. The summed E-state index contributed by atoms with van der Waals surface area (Å²) in [5, 5.41) is 10.0. The van der Waals surface area contributed by atoms with E-state index in [1.807, 2.05) is 56.3 Å². The fraction of sp³-hybridized carbons (Fsp3) is 0.143. The van der Waals surface area contributed by atoms with Gasteiger partial charge in [-0.05, 0) is 37.1 Å². The molecule has 24 heavy (non-hydrogen) atoms. The smallest absolute Gasteiger partial charge is 0.0669 e. The Morgan fingerprint density at radius 2 is 1.04 bits per heavy atom. The number of hydroxylamine groups is 1. The zero-order valence-electron chi connectivity index (χ0n) is 14.0. The minimum Gasteiger partial charge on any atom is -0.227 e. The highest BCUT2D eigenvalue weighted by Crippen LogP contribution is 2.17. The third-order valence-corrected chi connectivity index (χ3v) is 3.45. The van der Waals surface area contributed by atoms with Gasteiger partial charge in [0.1, 0.15) is 0 Å². The van der Waals surface area contributed by atoms with Crippen LogP contribution in [0.5, 0.6) is 0 Å². The minimum absolute atomic E-state index is 0.109. The first-order valence-electron chi connectivity index (χ1n) is 7.98. The average Bonchev–Trinajstić information content (AvgIpc) is 2.65. The Balaban J connectivity index is 0.000000174. The first-order chi connectivity index (χ1) is 11.7. The number of hydrogen-bond donors (Lipinski definition) is 1. The molecule has 0 saturated carbocycles. The lowest BCUT2D eigenvalue weighted by Crippen LogP contribution is -2.29. The van der Waals surface area contributed by atoms with E-state index in [4.69, 9.17) is 5.26 Å². The molecule has 0 aliphatic carbocycles. The van der Waals surface area contributed by atoms with E-state index in [0.29, 0.717) is 0 Å². The van der Waals surface area contributed by atoms with Crippen LogP contribution in [0.25, 0.3) is 11.1 Å². The monoisotopic (exact) mass is 321 g/mol. The Morgan fingerprint density at radius 3 is 1.38 bits per heavy atom.